The summed E-state index contributed by atoms with van der Waals surface area (Å²) in [5.74, 6) is -0.585. The molecule has 1 saturated carbocycles. The Morgan fingerprint density at radius 1 is 1.31 bits per heavy atom. The van der Waals surface area contributed by atoms with Crippen molar-refractivity contribution in [3.8, 4) is 0 Å². The number of hydrogen-bond donors (Lipinski definition) is 1. The molecule has 0 radical (unpaired) electrons. The number of carboxylic acids is 1. The van der Waals surface area contributed by atoms with Crippen LogP contribution in [0.4, 0.5) is 0 Å². The number of carbonyl (C=O) groups excluding carboxylic acids is 1. The van der Waals surface area contributed by atoms with Crippen LogP contribution < -0.4 is 0 Å². The number of methoxy groups -OCH3 is 1. The predicted octanol–water partition coefficient (Wildman–Crippen LogP) is 2.22. The van der Waals surface area contributed by atoms with E-state index in [1.54, 1.807) is 0 Å². The first-order valence-corrected chi connectivity index (χ1v) is 5.90. The van der Waals surface area contributed by atoms with Gasteiger partial charge >= 0.3 is 11.9 Å². The number of carboxylic acid groups (broad SMARTS) is 1. The van der Waals surface area contributed by atoms with Crippen molar-refractivity contribution in [2.75, 3.05) is 7.11 Å². The van der Waals surface area contributed by atoms with Crippen molar-refractivity contribution in [2.45, 2.75) is 44.9 Å². The summed E-state index contributed by atoms with van der Waals surface area (Å²) in [7, 11) is 1.34. The minimum absolute atomic E-state index is 0.0620. The normalized spacial score (nSPS) is 18.3. The Morgan fingerprint density at radius 3 is 2.44 bits per heavy atom. The van der Waals surface area contributed by atoms with Gasteiger partial charge in [-0.05, 0) is 18.3 Å². The summed E-state index contributed by atoms with van der Waals surface area (Å²) in [6, 6.07) is 0. The summed E-state index contributed by atoms with van der Waals surface area (Å²) in [6.45, 7) is 0. The molecule has 0 amide bonds. The van der Waals surface area contributed by atoms with E-state index in [1.807, 2.05) is 0 Å². The maximum Gasteiger partial charge on any atom is 0.305 e. The lowest BCUT2D eigenvalue weighted by Crippen LogP contribution is -2.16. The van der Waals surface area contributed by atoms with Crippen LogP contribution in [0.3, 0.4) is 0 Å². The molecule has 0 aromatic heterocycles. The fourth-order valence-electron chi connectivity index (χ4n) is 2.52. The predicted molar refractivity (Wildman–Crippen MR) is 59.0 cm³/mol. The standard InChI is InChI=1S/C12H20O4/c1-16-12(15)8-10(7-11(13)14)6-9-4-2-3-5-9/h9-10H,2-8H2,1H3,(H,13,14). The molecular formula is C12H20O4. The van der Waals surface area contributed by atoms with Crippen LogP contribution in [0, 0.1) is 11.8 Å². The van der Waals surface area contributed by atoms with Gasteiger partial charge in [0, 0.05) is 12.8 Å². The zero-order valence-electron chi connectivity index (χ0n) is 9.78. The van der Waals surface area contributed by atoms with Crippen molar-refractivity contribution in [2.24, 2.45) is 11.8 Å². The van der Waals surface area contributed by atoms with E-state index < -0.39 is 5.97 Å². The highest BCUT2D eigenvalue weighted by molar-refractivity contribution is 5.72. The van der Waals surface area contributed by atoms with Crippen LogP contribution in [0.25, 0.3) is 0 Å². The van der Waals surface area contributed by atoms with E-state index in [-0.39, 0.29) is 24.7 Å². The van der Waals surface area contributed by atoms with Crippen LogP contribution in [0.1, 0.15) is 44.9 Å². The van der Waals surface area contributed by atoms with Gasteiger partial charge in [-0.2, -0.15) is 0 Å². The molecule has 16 heavy (non-hydrogen) atoms. The van der Waals surface area contributed by atoms with Gasteiger partial charge < -0.3 is 9.84 Å². The molecule has 0 saturated heterocycles. The van der Waals surface area contributed by atoms with Gasteiger partial charge in [0.2, 0.25) is 0 Å². The van der Waals surface area contributed by atoms with Crippen LogP contribution in [-0.4, -0.2) is 24.2 Å². The largest absolute Gasteiger partial charge is 0.481 e. The first-order valence-electron chi connectivity index (χ1n) is 5.90. The van der Waals surface area contributed by atoms with Crippen LogP contribution in [0.15, 0.2) is 0 Å². The summed E-state index contributed by atoms with van der Waals surface area (Å²) >= 11 is 0. The highest BCUT2D eigenvalue weighted by atomic mass is 16.5. The van der Waals surface area contributed by atoms with E-state index in [9.17, 15) is 9.59 Å². The lowest BCUT2D eigenvalue weighted by molar-refractivity contribution is -0.143. The van der Waals surface area contributed by atoms with Gasteiger partial charge in [0.1, 0.15) is 0 Å². The summed E-state index contributed by atoms with van der Waals surface area (Å²) < 4.78 is 4.59. The van der Waals surface area contributed by atoms with Crippen LogP contribution in [0.5, 0.6) is 0 Å². The summed E-state index contributed by atoms with van der Waals surface area (Å²) in [4.78, 5) is 21.9. The van der Waals surface area contributed by atoms with E-state index >= 15 is 0 Å². The molecule has 1 rings (SSSR count). The van der Waals surface area contributed by atoms with Gasteiger partial charge in [0.05, 0.1) is 7.11 Å². The third-order valence-electron chi connectivity index (χ3n) is 3.29. The highest BCUT2D eigenvalue weighted by Crippen LogP contribution is 2.32. The van der Waals surface area contributed by atoms with Crippen LogP contribution >= 0.6 is 0 Å². The minimum atomic E-state index is -0.827. The van der Waals surface area contributed by atoms with E-state index in [4.69, 9.17) is 5.11 Å². The SMILES string of the molecule is COC(=O)CC(CC(=O)O)CC1CCCC1. The second kappa shape index (κ2) is 6.51. The lowest BCUT2D eigenvalue weighted by Gasteiger charge is -2.17. The van der Waals surface area contributed by atoms with Gasteiger partial charge in [0.25, 0.3) is 0 Å². The molecule has 92 valence electrons. The van der Waals surface area contributed by atoms with Gasteiger partial charge in [-0.3, -0.25) is 9.59 Å². The van der Waals surface area contributed by atoms with Crippen LogP contribution in [-0.2, 0) is 14.3 Å². The molecule has 1 N–H and O–H groups in total. The zero-order chi connectivity index (χ0) is 12.0. The quantitative estimate of drug-likeness (QED) is 0.708. The molecule has 1 unspecified atom stereocenters. The third kappa shape index (κ3) is 4.64. The van der Waals surface area contributed by atoms with E-state index in [1.165, 1.54) is 32.8 Å². The molecule has 0 aromatic rings. The summed E-state index contributed by atoms with van der Waals surface area (Å²) in [6.07, 6.45) is 5.99. The topological polar surface area (TPSA) is 63.6 Å². The van der Waals surface area contributed by atoms with Crippen molar-refractivity contribution in [1.29, 1.82) is 0 Å². The average Bonchev–Trinajstić information content (AvgIpc) is 2.69. The number of carbonyl (C=O) groups is 2. The monoisotopic (exact) mass is 228 g/mol. The van der Waals surface area contributed by atoms with Gasteiger partial charge in [-0.25, -0.2) is 0 Å². The van der Waals surface area contributed by atoms with E-state index in [0.717, 1.165) is 6.42 Å². The van der Waals surface area contributed by atoms with Crippen molar-refractivity contribution >= 4 is 11.9 Å². The molecule has 1 atom stereocenters. The minimum Gasteiger partial charge on any atom is -0.481 e. The maximum absolute atomic E-state index is 11.2. The van der Waals surface area contributed by atoms with Crippen molar-refractivity contribution in [3.05, 3.63) is 0 Å². The first kappa shape index (κ1) is 13.0. The molecule has 4 nitrogen and oxygen atoms in total. The third-order valence-corrected chi connectivity index (χ3v) is 3.29. The number of ether oxygens (including phenoxy) is 1. The molecule has 1 aliphatic rings. The summed E-state index contributed by atoms with van der Waals surface area (Å²) in [5.41, 5.74) is 0. The Morgan fingerprint density at radius 2 is 1.94 bits per heavy atom. The van der Waals surface area contributed by atoms with Gasteiger partial charge in [-0.15, -0.1) is 0 Å². The number of hydrogen-bond acceptors (Lipinski definition) is 3. The van der Waals surface area contributed by atoms with Crippen molar-refractivity contribution < 1.29 is 19.4 Å². The average molecular weight is 228 g/mol. The number of aliphatic carboxylic acids is 1. The van der Waals surface area contributed by atoms with Crippen molar-refractivity contribution in [3.63, 3.8) is 0 Å². The Hall–Kier alpha value is -1.06. The molecular weight excluding hydrogens is 208 g/mol. The smallest absolute Gasteiger partial charge is 0.305 e. The molecule has 1 aliphatic carbocycles. The van der Waals surface area contributed by atoms with Gasteiger partial charge in [0.15, 0.2) is 0 Å². The molecule has 0 heterocycles. The fourth-order valence-corrected chi connectivity index (χ4v) is 2.52. The molecule has 1 fully saturated rings. The number of rotatable bonds is 6. The Balaban J connectivity index is 2.41. The van der Waals surface area contributed by atoms with Gasteiger partial charge in [-0.1, -0.05) is 25.7 Å². The maximum atomic E-state index is 11.2. The van der Waals surface area contributed by atoms with E-state index in [0.29, 0.717) is 5.92 Å². The summed E-state index contributed by atoms with van der Waals surface area (Å²) in [5, 5.41) is 8.79. The zero-order valence-corrected chi connectivity index (χ0v) is 9.78. The first-order chi connectivity index (χ1) is 7.61. The molecule has 0 spiro atoms. The highest BCUT2D eigenvalue weighted by Gasteiger charge is 2.24. The second-order valence-corrected chi connectivity index (χ2v) is 4.63. The lowest BCUT2D eigenvalue weighted by atomic mass is 9.89. The molecule has 4 heteroatoms. The second-order valence-electron chi connectivity index (χ2n) is 4.63. The fraction of sp³-hybridized carbons (Fsp3) is 0.833. The Kier molecular flexibility index (Phi) is 5.29. The molecule has 0 bridgehead atoms. The van der Waals surface area contributed by atoms with Crippen LogP contribution in [0.2, 0.25) is 0 Å². The molecule has 0 aliphatic heterocycles. The Bertz CT molecular complexity index is 243. The van der Waals surface area contributed by atoms with Crippen molar-refractivity contribution in [1.82, 2.24) is 0 Å². The number of esters is 1. The molecule has 0 aromatic carbocycles. The van der Waals surface area contributed by atoms with E-state index in [2.05, 4.69) is 4.74 Å². The Labute approximate surface area is 96.0 Å².